The fraction of sp³-hybridized carbons (Fsp3) is 0.125. The Labute approximate surface area is 79.7 Å². The van der Waals surface area contributed by atoms with Crippen LogP contribution in [-0.4, -0.2) is 6.03 Å². The molecule has 0 fully saturated rings. The number of carbonyl (C=O) groups excluding carboxylic acids is 1. The van der Waals surface area contributed by atoms with Crippen molar-refractivity contribution < 1.29 is 9.18 Å². The van der Waals surface area contributed by atoms with Crippen LogP contribution < -0.4 is 11.1 Å². The summed E-state index contributed by atoms with van der Waals surface area (Å²) in [4.78, 5) is 10.3. The molecule has 0 saturated carbocycles. The highest BCUT2D eigenvalue weighted by atomic mass is 35.5. The van der Waals surface area contributed by atoms with Crippen molar-refractivity contribution in [3.05, 3.63) is 34.6 Å². The topological polar surface area (TPSA) is 55.1 Å². The van der Waals surface area contributed by atoms with Gasteiger partial charge in [0, 0.05) is 6.54 Å². The fourth-order valence-electron chi connectivity index (χ4n) is 0.839. The molecular formula is C8H8ClFN2O. The molecule has 70 valence electrons. The molecule has 0 bridgehead atoms. The summed E-state index contributed by atoms with van der Waals surface area (Å²) in [5.41, 5.74) is 5.45. The molecule has 0 aliphatic heterocycles. The van der Waals surface area contributed by atoms with E-state index in [1.54, 1.807) is 6.07 Å². The highest BCUT2D eigenvalue weighted by Gasteiger charge is 2.01. The van der Waals surface area contributed by atoms with Gasteiger partial charge in [-0.15, -0.1) is 0 Å². The Balaban J connectivity index is 2.68. The van der Waals surface area contributed by atoms with Gasteiger partial charge in [-0.1, -0.05) is 17.7 Å². The molecule has 5 heteroatoms. The van der Waals surface area contributed by atoms with Crippen molar-refractivity contribution in [1.82, 2.24) is 5.32 Å². The predicted molar refractivity (Wildman–Crippen MR) is 47.8 cm³/mol. The molecule has 13 heavy (non-hydrogen) atoms. The summed E-state index contributed by atoms with van der Waals surface area (Å²) in [7, 11) is 0. The summed E-state index contributed by atoms with van der Waals surface area (Å²) in [5, 5.41) is 2.40. The number of nitrogens with two attached hydrogens (primary N) is 1. The molecule has 3 nitrogen and oxygen atoms in total. The molecule has 1 rings (SSSR count). The van der Waals surface area contributed by atoms with E-state index in [9.17, 15) is 9.18 Å². The first-order valence-corrected chi connectivity index (χ1v) is 3.94. The number of benzene rings is 1. The van der Waals surface area contributed by atoms with Gasteiger partial charge in [0.2, 0.25) is 0 Å². The second kappa shape index (κ2) is 4.09. The minimum Gasteiger partial charge on any atom is -0.352 e. The molecule has 0 saturated heterocycles. The lowest BCUT2D eigenvalue weighted by Crippen LogP contribution is -2.28. The van der Waals surface area contributed by atoms with Gasteiger partial charge in [0.25, 0.3) is 0 Å². The predicted octanol–water partition coefficient (Wildman–Crippen LogP) is 1.65. The Morgan fingerprint density at radius 3 is 2.85 bits per heavy atom. The number of nitrogens with one attached hydrogen (secondary N) is 1. The zero-order valence-corrected chi connectivity index (χ0v) is 7.44. The average Bonchev–Trinajstić information content (AvgIpc) is 2.07. The van der Waals surface area contributed by atoms with Gasteiger partial charge < -0.3 is 11.1 Å². The van der Waals surface area contributed by atoms with Crippen molar-refractivity contribution in [2.24, 2.45) is 5.73 Å². The van der Waals surface area contributed by atoms with E-state index in [0.29, 0.717) is 5.56 Å². The van der Waals surface area contributed by atoms with E-state index in [2.05, 4.69) is 5.32 Å². The first kappa shape index (κ1) is 9.80. The molecule has 2 amide bonds. The second-order valence-corrected chi connectivity index (χ2v) is 2.87. The Kier molecular flexibility index (Phi) is 3.08. The van der Waals surface area contributed by atoms with Crippen molar-refractivity contribution in [2.75, 3.05) is 0 Å². The van der Waals surface area contributed by atoms with Crippen LogP contribution in [0.15, 0.2) is 18.2 Å². The molecular weight excluding hydrogens is 195 g/mol. The van der Waals surface area contributed by atoms with E-state index in [-0.39, 0.29) is 11.6 Å². The maximum absolute atomic E-state index is 12.8. The number of primary amides is 1. The zero-order chi connectivity index (χ0) is 9.84. The lowest BCUT2D eigenvalue weighted by atomic mass is 10.2. The molecule has 0 aromatic heterocycles. The minimum absolute atomic E-state index is 0.0582. The van der Waals surface area contributed by atoms with E-state index < -0.39 is 11.8 Å². The lowest BCUT2D eigenvalue weighted by Gasteiger charge is -2.02. The van der Waals surface area contributed by atoms with Crippen LogP contribution in [0.1, 0.15) is 5.56 Å². The van der Waals surface area contributed by atoms with Crippen molar-refractivity contribution in [3.8, 4) is 0 Å². The molecule has 1 aromatic carbocycles. The summed E-state index contributed by atoms with van der Waals surface area (Å²) >= 11 is 5.46. The quantitative estimate of drug-likeness (QED) is 0.753. The Morgan fingerprint density at radius 2 is 2.31 bits per heavy atom. The zero-order valence-electron chi connectivity index (χ0n) is 6.68. The van der Waals surface area contributed by atoms with Gasteiger partial charge in [0.1, 0.15) is 5.82 Å². The maximum Gasteiger partial charge on any atom is 0.312 e. The van der Waals surface area contributed by atoms with E-state index in [1.165, 1.54) is 12.1 Å². The lowest BCUT2D eigenvalue weighted by molar-refractivity contribution is 0.248. The Hall–Kier alpha value is -1.29. The van der Waals surface area contributed by atoms with Crippen LogP contribution in [0.25, 0.3) is 0 Å². The Morgan fingerprint density at radius 1 is 1.62 bits per heavy atom. The highest BCUT2D eigenvalue weighted by molar-refractivity contribution is 6.30. The van der Waals surface area contributed by atoms with E-state index in [4.69, 9.17) is 17.3 Å². The second-order valence-electron chi connectivity index (χ2n) is 2.47. The van der Waals surface area contributed by atoms with Crippen LogP contribution in [0.5, 0.6) is 0 Å². The molecule has 0 radical (unpaired) electrons. The summed E-state index contributed by atoms with van der Waals surface area (Å²) in [5.74, 6) is -0.509. The third-order valence-electron chi connectivity index (χ3n) is 1.45. The van der Waals surface area contributed by atoms with Gasteiger partial charge >= 0.3 is 6.03 Å². The molecule has 0 unspecified atom stereocenters. The molecule has 0 atom stereocenters. The smallest absolute Gasteiger partial charge is 0.312 e. The summed E-state index contributed by atoms with van der Waals surface area (Å²) < 4.78 is 12.8. The number of rotatable bonds is 2. The molecule has 3 N–H and O–H groups in total. The summed E-state index contributed by atoms with van der Waals surface area (Å²) in [6.45, 7) is 0.198. The van der Waals surface area contributed by atoms with Crippen LogP contribution >= 0.6 is 11.6 Å². The van der Waals surface area contributed by atoms with E-state index in [0.717, 1.165) is 0 Å². The normalized spacial score (nSPS) is 9.69. The molecule has 0 heterocycles. The molecule has 1 aromatic rings. The first-order valence-electron chi connectivity index (χ1n) is 3.57. The van der Waals surface area contributed by atoms with Crippen LogP contribution in [0.3, 0.4) is 0 Å². The van der Waals surface area contributed by atoms with Gasteiger partial charge in [-0.3, -0.25) is 0 Å². The van der Waals surface area contributed by atoms with Gasteiger partial charge in [0.05, 0.1) is 5.02 Å². The third-order valence-corrected chi connectivity index (χ3v) is 1.76. The molecule has 0 aliphatic rings. The molecule has 0 spiro atoms. The van der Waals surface area contributed by atoms with Crippen LogP contribution in [0.4, 0.5) is 9.18 Å². The molecule has 0 aliphatic carbocycles. The van der Waals surface area contributed by atoms with Crippen molar-refractivity contribution in [2.45, 2.75) is 6.54 Å². The number of hydrogen-bond acceptors (Lipinski definition) is 1. The van der Waals surface area contributed by atoms with Crippen LogP contribution in [0.2, 0.25) is 5.02 Å². The standard InChI is InChI=1S/C8H8ClFN2O/c9-6-2-1-5(3-7(6)10)4-12-8(11)13/h1-3H,4H2,(H3,11,12,13). The number of hydrogen-bond donors (Lipinski definition) is 2. The van der Waals surface area contributed by atoms with Gasteiger partial charge in [-0.05, 0) is 17.7 Å². The number of carbonyl (C=O) groups is 1. The average molecular weight is 203 g/mol. The third kappa shape index (κ3) is 2.91. The van der Waals surface area contributed by atoms with E-state index in [1.807, 2.05) is 0 Å². The monoisotopic (exact) mass is 202 g/mol. The largest absolute Gasteiger partial charge is 0.352 e. The summed E-state index contributed by atoms with van der Waals surface area (Å²) in [6.07, 6.45) is 0. The minimum atomic E-state index is -0.643. The number of urea groups is 1. The maximum atomic E-state index is 12.8. The summed E-state index contributed by atoms with van der Waals surface area (Å²) in [6, 6.07) is 3.64. The van der Waals surface area contributed by atoms with Crippen molar-refractivity contribution in [3.63, 3.8) is 0 Å². The van der Waals surface area contributed by atoms with Crippen LogP contribution in [-0.2, 0) is 6.54 Å². The number of halogens is 2. The van der Waals surface area contributed by atoms with Gasteiger partial charge in [-0.2, -0.15) is 0 Å². The van der Waals surface area contributed by atoms with Crippen LogP contribution in [0, 0.1) is 5.82 Å². The van der Waals surface area contributed by atoms with E-state index >= 15 is 0 Å². The Bertz CT molecular complexity index is 330. The van der Waals surface area contributed by atoms with Gasteiger partial charge in [-0.25, -0.2) is 9.18 Å². The first-order chi connectivity index (χ1) is 6.09. The fourth-order valence-corrected chi connectivity index (χ4v) is 0.956. The SMILES string of the molecule is NC(=O)NCc1ccc(Cl)c(F)c1. The number of amides is 2. The highest BCUT2D eigenvalue weighted by Crippen LogP contribution is 2.15. The van der Waals surface area contributed by atoms with Crippen molar-refractivity contribution >= 4 is 17.6 Å². The van der Waals surface area contributed by atoms with Crippen molar-refractivity contribution in [1.29, 1.82) is 0 Å². The van der Waals surface area contributed by atoms with Gasteiger partial charge in [0.15, 0.2) is 0 Å².